The van der Waals surface area contributed by atoms with Crippen molar-refractivity contribution in [1.82, 2.24) is 0 Å². The molecule has 0 radical (unpaired) electrons. The first-order valence-electron chi connectivity index (χ1n) is 7.95. The molecule has 0 saturated heterocycles. The van der Waals surface area contributed by atoms with Gasteiger partial charge in [0.25, 0.3) is 0 Å². The molecule has 6 heteroatoms. The van der Waals surface area contributed by atoms with Gasteiger partial charge < -0.3 is 24.5 Å². The van der Waals surface area contributed by atoms with E-state index in [1.807, 2.05) is 6.08 Å². The molecule has 0 amide bonds. The van der Waals surface area contributed by atoms with Crippen LogP contribution in [0.25, 0.3) is 17.0 Å². The molecule has 2 aromatic rings. The van der Waals surface area contributed by atoms with E-state index in [9.17, 15) is 15.0 Å². The minimum absolute atomic E-state index is 0.103. The van der Waals surface area contributed by atoms with E-state index in [-0.39, 0.29) is 29.3 Å². The first-order chi connectivity index (χ1) is 11.6. The number of aromatic hydroxyl groups is 1. The van der Waals surface area contributed by atoms with Crippen LogP contribution in [0.3, 0.4) is 0 Å². The third-order valence-corrected chi connectivity index (χ3v) is 3.55. The van der Waals surface area contributed by atoms with Gasteiger partial charge in [0, 0.05) is 0 Å². The molecule has 0 fully saturated rings. The molecule has 2 rings (SSSR count). The van der Waals surface area contributed by atoms with Crippen molar-refractivity contribution in [3.8, 4) is 11.5 Å². The second-order valence-corrected chi connectivity index (χ2v) is 5.48. The quantitative estimate of drug-likeness (QED) is 0.506. The highest BCUT2D eigenvalue weighted by Crippen LogP contribution is 2.32. The molecule has 0 saturated carbocycles. The maximum atomic E-state index is 12.1. The van der Waals surface area contributed by atoms with Crippen LogP contribution in [0.5, 0.6) is 11.5 Å². The van der Waals surface area contributed by atoms with Gasteiger partial charge in [0.15, 0.2) is 11.3 Å². The van der Waals surface area contributed by atoms with E-state index in [0.717, 1.165) is 19.3 Å². The largest absolute Gasteiger partial charge is 0.506 e. The predicted molar refractivity (Wildman–Crippen MR) is 91.3 cm³/mol. The van der Waals surface area contributed by atoms with Gasteiger partial charge in [-0.15, -0.1) is 0 Å². The average Bonchev–Trinajstić information content (AvgIpc) is 2.59. The fourth-order valence-electron chi connectivity index (χ4n) is 2.22. The number of hydrogen-bond acceptors (Lipinski definition) is 6. The van der Waals surface area contributed by atoms with Gasteiger partial charge >= 0.3 is 5.63 Å². The van der Waals surface area contributed by atoms with Crippen molar-refractivity contribution >= 4 is 17.0 Å². The van der Waals surface area contributed by atoms with E-state index in [4.69, 9.17) is 14.3 Å². The van der Waals surface area contributed by atoms with Crippen molar-refractivity contribution in [2.45, 2.75) is 32.3 Å². The number of hydrogen-bond donors (Lipinski definition) is 3. The zero-order chi connectivity index (χ0) is 17.5. The third kappa shape index (κ3) is 4.15. The maximum absolute atomic E-state index is 12.1. The van der Waals surface area contributed by atoms with Gasteiger partial charge in [-0.2, -0.15) is 0 Å². The molecule has 1 aromatic carbocycles. The number of allylic oxidation sites excluding steroid dienone is 1. The summed E-state index contributed by atoms with van der Waals surface area (Å²) >= 11 is 0. The van der Waals surface area contributed by atoms with Crippen molar-refractivity contribution in [3.05, 3.63) is 40.3 Å². The Morgan fingerprint density at radius 1 is 1.38 bits per heavy atom. The zero-order valence-corrected chi connectivity index (χ0v) is 13.6. The second kappa shape index (κ2) is 8.52. The Hall–Kier alpha value is -2.31. The fraction of sp³-hybridized carbons (Fsp3) is 0.389. The van der Waals surface area contributed by atoms with E-state index in [1.165, 1.54) is 0 Å². The molecule has 1 aromatic heterocycles. The lowest BCUT2D eigenvalue weighted by molar-refractivity contribution is 0.0537. The van der Waals surface area contributed by atoms with Gasteiger partial charge in [-0.1, -0.05) is 31.9 Å². The highest BCUT2D eigenvalue weighted by atomic mass is 16.5. The molecule has 0 aliphatic heterocycles. The Labute approximate surface area is 139 Å². The lowest BCUT2D eigenvalue weighted by Gasteiger charge is -2.12. The fourth-order valence-corrected chi connectivity index (χ4v) is 2.22. The topological polar surface area (TPSA) is 100 Å². The number of benzene rings is 1. The minimum atomic E-state index is -1.04. The molecule has 0 bridgehead atoms. The molecule has 24 heavy (non-hydrogen) atoms. The molecule has 0 aliphatic rings. The monoisotopic (exact) mass is 334 g/mol. The molecule has 1 atom stereocenters. The molecule has 130 valence electrons. The SMILES string of the molecule is CCCCC=Cc1c(O)c2cccc(OCC(O)CO)c2oc1=O. The average molecular weight is 334 g/mol. The van der Waals surface area contributed by atoms with Gasteiger partial charge in [0.1, 0.15) is 24.0 Å². The first-order valence-corrected chi connectivity index (χ1v) is 7.95. The van der Waals surface area contributed by atoms with Crippen molar-refractivity contribution in [1.29, 1.82) is 0 Å². The Balaban J connectivity index is 2.38. The highest BCUT2D eigenvalue weighted by Gasteiger charge is 2.15. The standard InChI is InChI=1S/C18H22O6/c1-2-3-4-5-7-14-16(21)13-8-6-9-15(17(13)24-18(14)22)23-11-12(20)10-19/h5-9,12,19-21H,2-4,10-11H2,1H3. The summed E-state index contributed by atoms with van der Waals surface area (Å²) in [5, 5.41) is 28.9. The Morgan fingerprint density at radius 3 is 2.88 bits per heavy atom. The number of ether oxygens (including phenoxy) is 1. The van der Waals surface area contributed by atoms with E-state index in [1.54, 1.807) is 24.3 Å². The molecule has 6 nitrogen and oxygen atoms in total. The molecular weight excluding hydrogens is 312 g/mol. The summed E-state index contributed by atoms with van der Waals surface area (Å²) in [5.74, 6) is 0.0519. The smallest absolute Gasteiger partial charge is 0.347 e. The van der Waals surface area contributed by atoms with Crippen LogP contribution in [0.2, 0.25) is 0 Å². The summed E-state index contributed by atoms with van der Waals surface area (Å²) in [5.41, 5.74) is -0.450. The lowest BCUT2D eigenvalue weighted by Crippen LogP contribution is -2.21. The number of fused-ring (bicyclic) bond motifs is 1. The second-order valence-electron chi connectivity index (χ2n) is 5.48. The molecule has 0 spiro atoms. The van der Waals surface area contributed by atoms with Gasteiger partial charge in [-0.25, -0.2) is 4.79 Å². The molecule has 0 aliphatic carbocycles. The van der Waals surface area contributed by atoms with Gasteiger partial charge in [-0.05, 0) is 24.6 Å². The summed E-state index contributed by atoms with van der Waals surface area (Å²) in [6.07, 6.45) is 5.22. The van der Waals surface area contributed by atoms with Crippen LogP contribution in [0.1, 0.15) is 31.7 Å². The van der Waals surface area contributed by atoms with Crippen LogP contribution >= 0.6 is 0 Å². The number of unbranched alkanes of at least 4 members (excludes halogenated alkanes) is 2. The number of aliphatic hydroxyl groups excluding tert-OH is 2. The van der Waals surface area contributed by atoms with Crippen LogP contribution in [0.15, 0.2) is 33.5 Å². The zero-order valence-electron chi connectivity index (χ0n) is 13.6. The third-order valence-electron chi connectivity index (χ3n) is 3.55. The first kappa shape index (κ1) is 18.0. The van der Waals surface area contributed by atoms with Crippen LogP contribution in [0.4, 0.5) is 0 Å². The number of rotatable bonds is 8. The van der Waals surface area contributed by atoms with Gasteiger partial charge in [-0.3, -0.25) is 0 Å². The highest BCUT2D eigenvalue weighted by molar-refractivity contribution is 5.90. The number of para-hydroxylation sites is 1. The van der Waals surface area contributed by atoms with E-state index < -0.39 is 18.3 Å². The van der Waals surface area contributed by atoms with Gasteiger partial charge in [0.2, 0.25) is 0 Å². The summed E-state index contributed by atoms with van der Waals surface area (Å²) in [4.78, 5) is 12.1. The molecule has 1 unspecified atom stereocenters. The normalized spacial score (nSPS) is 12.8. The van der Waals surface area contributed by atoms with Crippen molar-refractivity contribution < 1.29 is 24.5 Å². The van der Waals surface area contributed by atoms with Crippen molar-refractivity contribution in [3.63, 3.8) is 0 Å². The van der Waals surface area contributed by atoms with Crippen molar-refractivity contribution in [2.24, 2.45) is 0 Å². The Kier molecular flexibility index (Phi) is 6.40. The Morgan fingerprint density at radius 2 is 2.17 bits per heavy atom. The predicted octanol–water partition coefficient (Wildman–Crippen LogP) is 2.43. The maximum Gasteiger partial charge on any atom is 0.347 e. The van der Waals surface area contributed by atoms with Crippen LogP contribution < -0.4 is 10.4 Å². The number of aliphatic hydroxyl groups is 2. The molecule has 1 heterocycles. The summed E-state index contributed by atoms with van der Waals surface area (Å²) in [6.45, 7) is 1.48. The van der Waals surface area contributed by atoms with Gasteiger partial charge in [0.05, 0.1) is 12.0 Å². The Bertz CT molecular complexity index is 762. The summed E-state index contributed by atoms with van der Waals surface area (Å²) < 4.78 is 10.7. The summed E-state index contributed by atoms with van der Waals surface area (Å²) in [7, 11) is 0. The lowest BCUT2D eigenvalue weighted by atomic mass is 10.1. The minimum Gasteiger partial charge on any atom is -0.506 e. The van der Waals surface area contributed by atoms with E-state index in [0.29, 0.717) is 5.39 Å². The van der Waals surface area contributed by atoms with Crippen LogP contribution in [-0.2, 0) is 0 Å². The summed E-state index contributed by atoms with van der Waals surface area (Å²) in [6, 6.07) is 4.82. The van der Waals surface area contributed by atoms with E-state index >= 15 is 0 Å². The van der Waals surface area contributed by atoms with E-state index in [2.05, 4.69) is 6.92 Å². The molecule has 3 N–H and O–H groups in total. The van der Waals surface area contributed by atoms with Crippen LogP contribution in [-0.4, -0.2) is 34.6 Å². The molecular formula is C18H22O6. The van der Waals surface area contributed by atoms with Crippen molar-refractivity contribution in [2.75, 3.05) is 13.2 Å². The van der Waals surface area contributed by atoms with Crippen LogP contribution in [0, 0.1) is 0 Å².